The lowest BCUT2D eigenvalue weighted by atomic mass is 10.1. The Bertz CT molecular complexity index is 402. The third-order valence-corrected chi connectivity index (χ3v) is 3.07. The van der Waals surface area contributed by atoms with Crippen LogP contribution in [0.15, 0.2) is 35.4 Å². The standard InChI is InChI=1S/C12H15FN4/c13-12-9-17(8-11(12)6-15-16-14)7-10-4-2-1-3-5-10/h1-5,11-12H,6-9H2/t11-,12+/m1/s1. The van der Waals surface area contributed by atoms with E-state index in [1.807, 2.05) is 30.3 Å². The molecular weight excluding hydrogens is 219 g/mol. The summed E-state index contributed by atoms with van der Waals surface area (Å²) in [5, 5.41) is 3.46. The van der Waals surface area contributed by atoms with Crippen LogP contribution in [-0.2, 0) is 6.54 Å². The molecule has 0 N–H and O–H groups in total. The quantitative estimate of drug-likeness (QED) is 0.449. The molecule has 0 saturated carbocycles. The summed E-state index contributed by atoms with van der Waals surface area (Å²) in [6.07, 6.45) is -0.885. The Hall–Kier alpha value is -1.58. The fourth-order valence-corrected chi connectivity index (χ4v) is 2.20. The van der Waals surface area contributed by atoms with Gasteiger partial charge >= 0.3 is 0 Å². The first-order valence-electron chi connectivity index (χ1n) is 5.71. The zero-order valence-electron chi connectivity index (χ0n) is 9.54. The molecule has 1 fully saturated rings. The maximum Gasteiger partial charge on any atom is 0.117 e. The lowest BCUT2D eigenvalue weighted by Crippen LogP contribution is -2.20. The smallest absolute Gasteiger partial charge is 0.117 e. The van der Waals surface area contributed by atoms with Crippen LogP contribution in [0.4, 0.5) is 4.39 Å². The predicted octanol–water partition coefficient (Wildman–Crippen LogP) is 2.77. The molecule has 5 heteroatoms. The van der Waals surface area contributed by atoms with E-state index in [2.05, 4.69) is 14.9 Å². The Balaban J connectivity index is 1.90. The lowest BCUT2D eigenvalue weighted by molar-refractivity contribution is 0.271. The summed E-state index contributed by atoms with van der Waals surface area (Å²) in [7, 11) is 0. The number of benzene rings is 1. The highest BCUT2D eigenvalue weighted by atomic mass is 19.1. The summed E-state index contributed by atoms with van der Waals surface area (Å²) in [4.78, 5) is 4.75. The summed E-state index contributed by atoms with van der Waals surface area (Å²) in [6.45, 7) is 2.10. The van der Waals surface area contributed by atoms with Crippen molar-refractivity contribution in [2.45, 2.75) is 12.7 Å². The fraction of sp³-hybridized carbons (Fsp3) is 0.500. The average Bonchev–Trinajstić information content (AvgIpc) is 2.68. The Morgan fingerprint density at radius 2 is 2.12 bits per heavy atom. The number of halogens is 1. The molecule has 17 heavy (non-hydrogen) atoms. The second-order valence-corrected chi connectivity index (χ2v) is 4.37. The maximum absolute atomic E-state index is 13.6. The van der Waals surface area contributed by atoms with Gasteiger partial charge in [-0.25, -0.2) is 4.39 Å². The van der Waals surface area contributed by atoms with Crippen molar-refractivity contribution in [1.82, 2.24) is 4.90 Å². The molecule has 1 aromatic rings. The van der Waals surface area contributed by atoms with Gasteiger partial charge < -0.3 is 0 Å². The van der Waals surface area contributed by atoms with Gasteiger partial charge in [0.2, 0.25) is 0 Å². The van der Waals surface area contributed by atoms with Crippen LogP contribution in [0.1, 0.15) is 5.56 Å². The number of nitrogens with zero attached hydrogens (tertiary/aromatic N) is 4. The third-order valence-electron chi connectivity index (χ3n) is 3.07. The van der Waals surface area contributed by atoms with Crippen molar-refractivity contribution in [3.63, 3.8) is 0 Å². The van der Waals surface area contributed by atoms with Crippen LogP contribution < -0.4 is 0 Å². The van der Waals surface area contributed by atoms with Crippen molar-refractivity contribution < 1.29 is 4.39 Å². The van der Waals surface area contributed by atoms with Gasteiger partial charge in [-0.05, 0) is 11.1 Å². The number of hydrogen-bond acceptors (Lipinski definition) is 2. The molecule has 90 valence electrons. The molecule has 2 atom stereocenters. The zero-order valence-corrected chi connectivity index (χ0v) is 9.54. The Labute approximate surface area is 99.7 Å². The van der Waals surface area contributed by atoms with Crippen LogP contribution in [0.2, 0.25) is 0 Å². The topological polar surface area (TPSA) is 52.0 Å². The SMILES string of the molecule is [N-]=[N+]=NC[C@@H]1CN(Cc2ccccc2)C[C@@H]1F. The summed E-state index contributed by atoms with van der Waals surface area (Å²) in [6, 6.07) is 10.0. The van der Waals surface area contributed by atoms with Gasteiger partial charge in [0.1, 0.15) is 6.17 Å². The number of azide groups is 1. The molecule has 0 unspecified atom stereocenters. The van der Waals surface area contributed by atoms with Gasteiger partial charge in [-0.2, -0.15) is 0 Å². The summed E-state index contributed by atoms with van der Waals surface area (Å²) >= 11 is 0. The van der Waals surface area contributed by atoms with E-state index in [-0.39, 0.29) is 12.5 Å². The highest BCUT2D eigenvalue weighted by Crippen LogP contribution is 2.22. The summed E-state index contributed by atoms with van der Waals surface area (Å²) in [5.41, 5.74) is 9.42. The molecule has 0 aromatic heterocycles. The normalized spacial score (nSPS) is 24.5. The van der Waals surface area contributed by atoms with Crippen molar-refractivity contribution >= 4 is 0 Å². The van der Waals surface area contributed by atoms with E-state index in [0.29, 0.717) is 13.1 Å². The van der Waals surface area contributed by atoms with Crippen molar-refractivity contribution in [2.75, 3.05) is 19.6 Å². The van der Waals surface area contributed by atoms with Gasteiger partial charge in [0, 0.05) is 37.0 Å². The predicted molar refractivity (Wildman–Crippen MR) is 64.1 cm³/mol. The van der Waals surface area contributed by atoms with E-state index in [9.17, 15) is 4.39 Å². The molecule has 0 radical (unpaired) electrons. The van der Waals surface area contributed by atoms with Gasteiger partial charge in [-0.15, -0.1) is 0 Å². The van der Waals surface area contributed by atoms with Crippen LogP contribution in [0.5, 0.6) is 0 Å². The Kier molecular flexibility index (Phi) is 3.96. The first-order valence-corrected chi connectivity index (χ1v) is 5.71. The molecule has 0 amide bonds. The van der Waals surface area contributed by atoms with Crippen molar-refractivity contribution in [3.8, 4) is 0 Å². The van der Waals surface area contributed by atoms with Crippen LogP contribution >= 0.6 is 0 Å². The highest BCUT2D eigenvalue weighted by molar-refractivity contribution is 5.14. The second kappa shape index (κ2) is 5.66. The highest BCUT2D eigenvalue weighted by Gasteiger charge is 2.31. The molecule has 2 rings (SSSR count). The molecule has 0 aliphatic carbocycles. The number of alkyl halides is 1. The van der Waals surface area contributed by atoms with Crippen molar-refractivity contribution in [3.05, 3.63) is 46.3 Å². The molecule has 1 aliphatic rings. The number of hydrogen-bond donors (Lipinski definition) is 0. The second-order valence-electron chi connectivity index (χ2n) is 4.37. The van der Waals surface area contributed by atoms with Crippen molar-refractivity contribution in [2.24, 2.45) is 11.0 Å². The molecule has 1 heterocycles. The van der Waals surface area contributed by atoms with Gasteiger partial charge in [0.25, 0.3) is 0 Å². The largest absolute Gasteiger partial charge is 0.296 e. The van der Waals surface area contributed by atoms with Gasteiger partial charge in [-0.1, -0.05) is 35.4 Å². The maximum atomic E-state index is 13.6. The number of rotatable bonds is 4. The van der Waals surface area contributed by atoms with E-state index in [1.54, 1.807) is 0 Å². The van der Waals surface area contributed by atoms with Crippen molar-refractivity contribution in [1.29, 1.82) is 0 Å². The van der Waals surface area contributed by atoms with E-state index in [4.69, 9.17) is 5.53 Å². The summed E-state index contributed by atoms with van der Waals surface area (Å²) < 4.78 is 13.6. The van der Waals surface area contributed by atoms with E-state index >= 15 is 0 Å². The van der Waals surface area contributed by atoms with E-state index in [1.165, 1.54) is 5.56 Å². The van der Waals surface area contributed by atoms with Crippen LogP contribution in [-0.4, -0.2) is 30.7 Å². The minimum absolute atomic E-state index is 0.158. The molecule has 1 saturated heterocycles. The van der Waals surface area contributed by atoms with Gasteiger partial charge in [0.15, 0.2) is 0 Å². The molecule has 1 aromatic carbocycles. The lowest BCUT2D eigenvalue weighted by Gasteiger charge is -2.14. The minimum atomic E-state index is -0.885. The third kappa shape index (κ3) is 3.19. The van der Waals surface area contributed by atoms with Gasteiger partial charge in [0.05, 0.1) is 0 Å². The average molecular weight is 234 g/mol. The Morgan fingerprint density at radius 3 is 2.82 bits per heavy atom. The first kappa shape index (κ1) is 11.9. The molecule has 1 aliphatic heterocycles. The van der Waals surface area contributed by atoms with E-state index in [0.717, 1.165) is 6.54 Å². The molecular formula is C12H15FN4. The summed E-state index contributed by atoms with van der Waals surface area (Å²) in [5.74, 6) is -0.158. The van der Waals surface area contributed by atoms with Gasteiger partial charge in [-0.3, -0.25) is 4.90 Å². The van der Waals surface area contributed by atoms with Crippen LogP contribution in [0.3, 0.4) is 0 Å². The zero-order chi connectivity index (χ0) is 12.1. The number of likely N-dealkylation sites (tertiary alicyclic amines) is 1. The minimum Gasteiger partial charge on any atom is -0.296 e. The van der Waals surface area contributed by atoms with Crippen LogP contribution in [0.25, 0.3) is 10.4 Å². The molecule has 0 bridgehead atoms. The van der Waals surface area contributed by atoms with Crippen LogP contribution in [0, 0.1) is 5.92 Å². The molecule has 0 spiro atoms. The fourth-order valence-electron chi connectivity index (χ4n) is 2.20. The Morgan fingerprint density at radius 1 is 1.35 bits per heavy atom. The molecule has 4 nitrogen and oxygen atoms in total. The monoisotopic (exact) mass is 234 g/mol. The van der Waals surface area contributed by atoms with E-state index < -0.39 is 6.17 Å². The first-order chi connectivity index (χ1) is 8.29.